The van der Waals surface area contributed by atoms with E-state index in [-0.39, 0.29) is 22.6 Å². The number of aromatic nitrogens is 2. The summed E-state index contributed by atoms with van der Waals surface area (Å²) in [5.41, 5.74) is 5.61. The van der Waals surface area contributed by atoms with E-state index in [1.807, 2.05) is 0 Å². The van der Waals surface area contributed by atoms with Crippen LogP contribution in [-0.4, -0.2) is 21.4 Å². The van der Waals surface area contributed by atoms with E-state index in [0.29, 0.717) is 10.9 Å². The van der Waals surface area contributed by atoms with E-state index in [0.717, 1.165) is 16.7 Å². The molecule has 1 aromatic carbocycles. The molecular formula is C15H9FN4O3. The summed E-state index contributed by atoms with van der Waals surface area (Å²) in [7, 11) is 0. The molecule has 8 heteroatoms. The van der Waals surface area contributed by atoms with E-state index in [1.165, 1.54) is 0 Å². The molecule has 0 unspecified atom stereocenters. The number of benzene rings is 1. The van der Waals surface area contributed by atoms with Crippen LogP contribution >= 0.6 is 0 Å². The molecule has 0 fully saturated rings. The average molecular weight is 312 g/mol. The van der Waals surface area contributed by atoms with Crippen molar-refractivity contribution in [2.24, 2.45) is 0 Å². The Balaban J connectivity index is 2.06. The first-order chi connectivity index (χ1) is 11.0. The number of amides is 2. The molecule has 1 aliphatic heterocycles. The van der Waals surface area contributed by atoms with Crippen LogP contribution in [-0.2, 0) is 0 Å². The number of aromatic amines is 1. The van der Waals surface area contributed by atoms with Crippen molar-refractivity contribution in [1.82, 2.24) is 14.9 Å². The summed E-state index contributed by atoms with van der Waals surface area (Å²) in [5, 5.41) is 2.63. The van der Waals surface area contributed by atoms with Gasteiger partial charge in [0.1, 0.15) is 11.6 Å². The SMILES string of the molecule is Nc1c2c(cc(=O)n1-c1cc(F)c3[nH]ccc3c1)C(=O)NC2=O. The molecule has 2 amide bonds. The summed E-state index contributed by atoms with van der Waals surface area (Å²) in [6.07, 6.45) is 1.57. The lowest BCUT2D eigenvalue weighted by Gasteiger charge is -2.12. The Kier molecular flexibility index (Phi) is 2.47. The molecule has 23 heavy (non-hydrogen) atoms. The Labute approximate surface area is 127 Å². The van der Waals surface area contributed by atoms with E-state index < -0.39 is 23.2 Å². The quantitative estimate of drug-likeness (QED) is 0.580. The van der Waals surface area contributed by atoms with Crippen LogP contribution in [0.15, 0.2) is 35.3 Å². The standard InChI is InChI=1S/C15H9FN4O3/c16-9-4-7(3-6-1-2-18-12(6)9)20-10(21)5-8-11(13(20)17)15(23)19-14(8)22/h1-5,18H,17H2,(H,19,22,23). The number of rotatable bonds is 1. The fourth-order valence-electron chi connectivity index (χ4n) is 2.79. The molecule has 0 bridgehead atoms. The zero-order valence-corrected chi connectivity index (χ0v) is 11.5. The number of imide groups is 1. The van der Waals surface area contributed by atoms with Crippen LogP contribution in [0, 0.1) is 5.82 Å². The second kappa shape index (κ2) is 4.29. The van der Waals surface area contributed by atoms with Gasteiger partial charge in [0.25, 0.3) is 17.4 Å². The van der Waals surface area contributed by atoms with Crippen LogP contribution in [0.3, 0.4) is 0 Å². The molecule has 0 saturated carbocycles. The Morgan fingerprint density at radius 1 is 1.09 bits per heavy atom. The molecule has 0 spiro atoms. The van der Waals surface area contributed by atoms with Crippen LogP contribution in [0.2, 0.25) is 0 Å². The lowest BCUT2D eigenvalue weighted by Crippen LogP contribution is -2.24. The number of H-pyrrole nitrogens is 1. The highest BCUT2D eigenvalue weighted by Gasteiger charge is 2.31. The summed E-state index contributed by atoms with van der Waals surface area (Å²) in [6.45, 7) is 0. The lowest BCUT2D eigenvalue weighted by atomic mass is 10.1. The van der Waals surface area contributed by atoms with Gasteiger partial charge in [0.2, 0.25) is 0 Å². The van der Waals surface area contributed by atoms with Gasteiger partial charge in [-0.05, 0) is 12.1 Å². The van der Waals surface area contributed by atoms with Gasteiger partial charge in [0.05, 0.1) is 22.3 Å². The zero-order valence-electron chi connectivity index (χ0n) is 11.5. The van der Waals surface area contributed by atoms with Gasteiger partial charge in [-0.25, -0.2) is 4.39 Å². The minimum absolute atomic E-state index is 0.0723. The Morgan fingerprint density at radius 2 is 1.87 bits per heavy atom. The number of nitrogen functional groups attached to an aromatic ring is 1. The number of pyridine rings is 1. The molecular weight excluding hydrogens is 303 g/mol. The number of halogens is 1. The molecule has 3 aromatic rings. The largest absolute Gasteiger partial charge is 0.384 e. The number of nitrogens with zero attached hydrogens (tertiary/aromatic N) is 1. The number of hydrogen-bond donors (Lipinski definition) is 3. The second-order valence-electron chi connectivity index (χ2n) is 5.14. The molecule has 2 aromatic heterocycles. The molecule has 0 radical (unpaired) electrons. The number of carbonyl (C=O) groups is 2. The minimum Gasteiger partial charge on any atom is -0.384 e. The summed E-state index contributed by atoms with van der Waals surface area (Å²) < 4.78 is 15.1. The molecule has 3 heterocycles. The number of anilines is 1. The molecule has 0 aliphatic carbocycles. The van der Waals surface area contributed by atoms with Crippen molar-refractivity contribution in [1.29, 1.82) is 0 Å². The topological polar surface area (TPSA) is 110 Å². The van der Waals surface area contributed by atoms with E-state index in [9.17, 15) is 18.8 Å². The Bertz CT molecular complexity index is 1080. The first-order valence-corrected chi connectivity index (χ1v) is 6.65. The molecule has 1 aliphatic rings. The molecule has 0 atom stereocenters. The maximum Gasteiger partial charge on any atom is 0.262 e. The summed E-state index contributed by atoms with van der Waals surface area (Å²) in [4.78, 5) is 38.5. The van der Waals surface area contributed by atoms with Gasteiger partial charge >= 0.3 is 0 Å². The summed E-state index contributed by atoms with van der Waals surface area (Å²) in [5.74, 6) is -2.12. The fraction of sp³-hybridized carbons (Fsp3) is 0. The highest BCUT2D eigenvalue weighted by molar-refractivity contribution is 6.23. The molecule has 4 rings (SSSR count). The predicted molar refractivity (Wildman–Crippen MR) is 80.1 cm³/mol. The molecule has 0 saturated heterocycles. The maximum atomic E-state index is 14.1. The monoisotopic (exact) mass is 312 g/mol. The van der Waals surface area contributed by atoms with E-state index in [2.05, 4.69) is 10.3 Å². The number of nitrogens with two attached hydrogens (primary N) is 1. The second-order valence-corrected chi connectivity index (χ2v) is 5.14. The van der Waals surface area contributed by atoms with Gasteiger partial charge in [-0.15, -0.1) is 0 Å². The van der Waals surface area contributed by atoms with Gasteiger partial charge < -0.3 is 10.7 Å². The highest BCUT2D eigenvalue weighted by Crippen LogP contribution is 2.25. The van der Waals surface area contributed by atoms with Crippen molar-refractivity contribution < 1.29 is 14.0 Å². The minimum atomic E-state index is -0.681. The first-order valence-electron chi connectivity index (χ1n) is 6.65. The number of carbonyl (C=O) groups excluding carboxylic acids is 2. The van der Waals surface area contributed by atoms with Crippen molar-refractivity contribution in [3.8, 4) is 5.69 Å². The van der Waals surface area contributed by atoms with Gasteiger partial charge in [0.15, 0.2) is 0 Å². The highest BCUT2D eigenvalue weighted by atomic mass is 19.1. The van der Waals surface area contributed by atoms with Crippen LogP contribution in [0.1, 0.15) is 20.7 Å². The number of fused-ring (bicyclic) bond motifs is 2. The van der Waals surface area contributed by atoms with Gasteiger partial charge in [-0.1, -0.05) is 0 Å². The molecule has 114 valence electrons. The van der Waals surface area contributed by atoms with E-state index >= 15 is 0 Å². The van der Waals surface area contributed by atoms with Crippen LogP contribution < -0.4 is 16.6 Å². The zero-order chi connectivity index (χ0) is 16.3. The van der Waals surface area contributed by atoms with E-state index in [1.54, 1.807) is 18.3 Å². The van der Waals surface area contributed by atoms with Crippen molar-refractivity contribution in [2.75, 3.05) is 5.73 Å². The van der Waals surface area contributed by atoms with Gasteiger partial charge in [-0.2, -0.15) is 0 Å². The van der Waals surface area contributed by atoms with Crippen molar-refractivity contribution in [3.63, 3.8) is 0 Å². The average Bonchev–Trinajstić information content (AvgIpc) is 3.04. The van der Waals surface area contributed by atoms with E-state index in [4.69, 9.17) is 5.73 Å². The first kappa shape index (κ1) is 13.3. The van der Waals surface area contributed by atoms with Gasteiger partial charge in [0, 0.05) is 23.7 Å². The third-order valence-electron chi connectivity index (χ3n) is 3.81. The Morgan fingerprint density at radius 3 is 2.65 bits per heavy atom. The van der Waals surface area contributed by atoms with Crippen LogP contribution in [0.25, 0.3) is 16.6 Å². The van der Waals surface area contributed by atoms with Gasteiger partial charge in [-0.3, -0.25) is 24.3 Å². The number of nitrogens with one attached hydrogen (secondary N) is 2. The predicted octanol–water partition coefficient (Wildman–Crippen LogP) is 0.924. The van der Waals surface area contributed by atoms with Crippen LogP contribution in [0.5, 0.6) is 0 Å². The van der Waals surface area contributed by atoms with Crippen molar-refractivity contribution >= 4 is 28.5 Å². The normalized spacial score (nSPS) is 13.4. The summed E-state index contributed by atoms with van der Waals surface area (Å²) in [6, 6.07) is 5.36. The third kappa shape index (κ3) is 1.71. The Hall–Kier alpha value is -3.42. The smallest absolute Gasteiger partial charge is 0.262 e. The summed E-state index contributed by atoms with van der Waals surface area (Å²) >= 11 is 0. The van der Waals surface area contributed by atoms with Crippen molar-refractivity contribution in [2.45, 2.75) is 0 Å². The van der Waals surface area contributed by atoms with Crippen LogP contribution in [0.4, 0.5) is 10.2 Å². The lowest BCUT2D eigenvalue weighted by molar-refractivity contribution is 0.0880. The number of hydrogen-bond acceptors (Lipinski definition) is 4. The molecule has 7 nitrogen and oxygen atoms in total. The fourth-order valence-corrected chi connectivity index (χ4v) is 2.79. The maximum absolute atomic E-state index is 14.1. The van der Waals surface area contributed by atoms with Crippen molar-refractivity contribution in [3.05, 3.63) is 57.8 Å². The molecule has 4 N–H and O–H groups in total. The third-order valence-corrected chi connectivity index (χ3v) is 3.81.